The van der Waals surface area contributed by atoms with Crippen molar-refractivity contribution < 1.29 is 29.4 Å². The first-order valence-electron chi connectivity index (χ1n) is 11.3. The molecule has 0 aliphatic heterocycles. The van der Waals surface area contributed by atoms with Gasteiger partial charge in [-0.1, -0.05) is 50.6 Å². The van der Waals surface area contributed by atoms with Gasteiger partial charge in [0.25, 0.3) is 0 Å². The maximum Gasteiger partial charge on any atom is 0.326 e. The van der Waals surface area contributed by atoms with E-state index in [-0.39, 0.29) is 6.42 Å². The number of aliphatic carboxylic acids is 1. The molecule has 190 valence electrons. The van der Waals surface area contributed by atoms with E-state index < -0.39 is 60.4 Å². The number of nitrogens with two attached hydrogens (primary N) is 2. The molecular formula is C23H37N5O6. The van der Waals surface area contributed by atoms with Crippen molar-refractivity contribution in [2.24, 2.45) is 17.4 Å². The van der Waals surface area contributed by atoms with Gasteiger partial charge >= 0.3 is 5.97 Å². The van der Waals surface area contributed by atoms with Gasteiger partial charge in [0, 0.05) is 6.42 Å². The largest absolute Gasteiger partial charge is 0.480 e. The van der Waals surface area contributed by atoms with E-state index in [0.29, 0.717) is 19.4 Å². The van der Waals surface area contributed by atoms with Crippen LogP contribution in [-0.2, 0) is 25.6 Å². The number of carboxylic acid groups (broad SMARTS) is 1. The Morgan fingerprint density at radius 3 is 2.03 bits per heavy atom. The van der Waals surface area contributed by atoms with Crippen molar-refractivity contribution in [3.05, 3.63) is 35.9 Å². The van der Waals surface area contributed by atoms with Gasteiger partial charge in [0.05, 0.1) is 12.6 Å². The van der Waals surface area contributed by atoms with Crippen LogP contribution in [0.1, 0.15) is 38.7 Å². The zero-order chi connectivity index (χ0) is 25.7. The minimum Gasteiger partial charge on any atom is -0.480 e. The molecule has 0 radical (unpaired) electrons. The Labute approximate surface area is 199 Å². The maximum atomic E-state index is 13.0. The van der Waals surface area contributed by atoms with Crippen molar-refractivity contribution in [3.8, 4) is 0 Å². The van der Waals surface area contributed by atoms with Crippen LogP contribution in [0.4, 0.5) is 0 Å². The number of benzene rings is 1. The lowest BCUT2D eigenvalue weighted by molar-refractivity contribution is -0.143. The van der Waals surface area contributed by atoms with Crippen molar-refractivity contribution in [1.82, 2.24) is 16.0 Å². The molecule has 9 N–H and O–H groups in total. The number of carbonyl (C=O) groups excluding carboxylic acids is 3. The second-order valence-electron chi connectivity index (χ2n) is 8.45. The van der Waals surface area contributed by atoms with Crippen molar-refractivity contribution in [2.45, 2.75) is 63.7 Å². The summed E-state index contributed by atoms with van der Waals surface area (Å²) in [4.78, 5) is 49.5. The van der Waals surface area contributed by atoms with Crippen LogP contribution in [0.2, 0.25) is 0 Å². The molecule has 0 spiro atoms. The van der Waals surface area contributed by atoms with Crippen LogP contribution in [0.3, 0.4) is 0 Å². The Hall–Kier alpha value is -3.02. The topological polar surface area (TPSA) is 197 Å². The third-order valence-corrected chi connectivity index (χ3v) is 5.27. The average molecular weight is 480 g/mol. The molecule has 0 bridgehead atoms. The quantitative estimate of drug-likeness (QED) is 0.153. The molecule has 11 heteroatoms. The molecule has 4 atom stereocenters. The maximum absolute atomic E-state index is 13.0. The van der Waals surface area contributed by atoms with E-state index in [1.807, 2.05) is 6.07 Å². The Morgan fingerprint density at radius 2 is 1.50 bits per heavy atom. The summed E-state index contributed by atoms with van der Waals surface area (Å²) in [5, 5.41) is 26.3. The molecule has 3 amide bonds. The summed E-state index contributed by atoms with van der Waals surface area (Å²) in [6, 6.07) is 4.44. The molecule has 0 aromatic heterocycles. The molecule has 0 fully saturated rings. The zero-order valence-electron chi connectivity index (χ0n) is 19.7. The lowest BCUT2D eigenvalue weighted by atomic mass is 10.0. The fourth-order valence-corrected chi connectivity index (χ4v) is 3.21. The molecule has 0 aliphatic rings. The van der Waals surface area contributed by atoms with E-state index in [1.165, 1.54) is 0 Å². The first kappa shape index (κ1) is 29.0. The standard InChI is InChI=1S/C23H37N5O6/c1-14(2)19(23(33)34)28-22(32)18(13-29)27-21(31)17(12-15-8-4-3-5-9-15)26-20(30)16(25)10-6-7-11-24/h3-5,8-9,14,16-19,29H,6-7,10-13,24-25H2,1-2H3,(H,26,30)(H,27,31)(H,28,32)(H,33,34). The summed E-state index contributed by atoms with van der Waals surface area (Å²) in [5.74, 6) is -3.73. The summed E-state index contributed by atoms with van der Waals surface area (Å²) < 4.78 is 0. The van der Waals surface area contributed by atoms with Crippen LogP contribution < -0.4 is 27.4 Å². The molecule has 0 saturated heterocycles. The van der Waals surface area contributed by atoms with Gasteiger partial charge in [-0.05, 0) is 30.9 Å². The van der Waals surface area contributed by atoms with Gasteiger partial charge in [-0.25, -0.2) is 4.79 Å². The molecular weight excluding hydrogens is 442 g/mol. The number of carbonyl (C=O) groups is 4. The van der Waals surface area contributed by atoms with Crippen LogP contribution >= 0.6 is 0 Å². The summed E-state index contributed by atoms with van der Waals surface area (Å²) in [7, 11) is 0. The summed E-state index contributed by atoms with van der Waals surface area (Å²) >= 11 is 0. The van der Waals surface area contributed by atoms with Gasteiger partial charge in [0.1, 0.15) is 18.1 Å². The Bertz CT molecular complexity index is 804. The molecule has 34 heavy (non-hydrogen) atoms. The van der Waals surface area contributed by atoms with Crippen LogP contribution in [0, 0.1) is 5.92 Å². The summed E-state index contributed by atoms with van der Waals surface area (Å²) in [6.45, 7) is 2.96. The van der Waals surface area contributed by atoms with Gasteiger partial charge in [-0.15, -0.1) is 0 Å². The molecule has 0 aliphatic carbocycles. The minimum absolute atomic E-state index is 0.122. The molecule has 4 unspecified atom stereocenters. The number of hydrogen-bond acceptors (Lipinski definition) is 7. The van der Waals surface area contributed by atoms with E-state index in [1.54, 1.807) is 38.1 Å². The van der Waals surface area contributed by atoms with Crippen LogP contribution in [0.25, 0.3) is 0 Å². The van der Waals surface area contributed by atoms with Crippen LogP contribution in [-0.4, -0.2) is 71.2 Å². The first-order valence-corrected chi connectivity index (χ1v) is 11.3. The predicted molar refractivity (Wildman–Crippen MR) is 126 cm³/mol. The normalized spacial score (nSPS) is 14.5. The van der Waals surface area contributed by atoms with Gasteiger partial charge in [0.2, 0.25) is 17.7 Å². The smallest absolute Gasteiger partial charge is 0.326 e. The fraction of sp³-hybridized carbons (Fsp3) is 0.565. The van der Waals surface area contributed by atoms with Crippen LogP contribution in [0.15, 0.2) is 30.3 Å². The molecule has 1 aromatic rings. The summed E-state index contributed by atoms with van der Waals surface area (Å²) in [5.41, 5.74) is 12.2. The predicted octanol–water partition coefficient (Wildman–Crippen LogP) is -1.13. The van der Waals surface area contributed by atoms with Crippen molar-refractivity contribution >= 4 is 23.7 Å². The molecule has 1 rings (SSSR count). The third kappa shape index (κ3) is 9.86. The van der Waals surface area contributed by atoms with E-state index in [9.17, 15) is 29.4 Å². The number of aliphatic hydroxyl groups is 1. The zero-order valence-corrected chi connectivity index (χ0v) is 19.7. The molecule has 0 saturated carbocycles. The van der Waals surface area contributed by atoms with Gasteiger partial charge < -0.3 is 37.6 Å². The van der Waals surface area contributed by atoms with Gasteiger partial charge in [-0.2, -0.15) is 0 Å². The lowest BCUT2D eigenvalue weighted by Gasteiger charge is -2.25. The highest BCUT2D eigenvalue weighted by Gasteiger charge is 2.31. The number of nitrogens with one attached hydrogen (secondary N) is 3. The minimum atomic E-state index is -1.40. The van der Waals surface area contributed by atoms with Crippen molar-refractivity contribution in [3.63, 3.8) is 0 Å². The van der Waals surface area contributed by atoms with E-state index >= 15 is 0 Å². The van der Waals surface area contributed by atoms with Crippen molar-refractivity contribution in [2.75, 3.05) is 13.2 Å². The van der Waals surface area contributed by atoms with E-state index in [0.717, 1.165) is 12.0 Å². The van der Waals surface area contributed by atoms with Gasteiger partial charge in [-0.3, -0.25) is 14.4 Å². The summed E-state index contributed by atoms with van der Waals surface area (Å²) in [6.07, 6.45) is 1.90. The highest BCUT2D eigenvalue weighted by Crippen LogP contribution is 2.07. The highest BCUT2D eigenvalue weighted by atomic mass is 16.4. The second-order valence-corrected chi connectivity index (χ2v) is 8.45. The fourth-order valence-electron chi connectivity index (χ4n) is 3.21. The van der Waals surface area contributed by atoms with Crippen molar-refractivity contribution in [1.29, 1.82) is 0 Å². The lowest BCUT2D eigenvalue weighted by Crippen LogP contribution is -2.59. The first-order chi connectivity index (χ1) is 16.1. The molecule has 11 nitrogen and oxygen atoms in total. The van der Waals surface area contributed by atoms with E-state index in [4.69, 9.17) is 11.5 Å². The van der Waals surface area contributed by atoms with E-state index in [2.05, 4.69) is 16.0 Å². The number of amides is 3. The Balaban J connectivity index is 2.94. The number of aliphatic hydroxyl groups excluding tert-OH is 1. The highest BCUT2D eigenvalue weighted by molar-refractivity contribution is 5.94. The van der Waals surface area contributed by atoms with Crippen LogP contribution in [0.5, 0.6) is 0 Å². The molecule has 0 heterocycles. The SMILES string of the molecule is CC(C)C(NC(=O)C(CO)NC(=O)C(Cc1ccccc1)NC(=O)C(N)CCCCN)C(=O)O. The second kappa shape index (κ2) is 15.0. The molecule has 1 aromatic carbocycles. The number of hydrogen-bond donors (Lipinski definition) is 7. The number of unbranched alkanes of at least 4 members (excludes halogenated alkanes) is 1. The third-order valence-electron chi connectivity index (χ3n) is 5.27. The van der Waals surface area contributed by atoms with Gasteiger partial charge in [0.15, 0.2) is 0 Å². The Morgan fingerprint density at radius 1 is 0.912 bits per heavy atom. The Kier molecular flexibility index (Phi) is 12.8. The average Bonchev–Trinajstić information content (AvgIpc) is 2.80. The number of rotatable bonds is 15. The monoisotopic (exact) mass is 479 g/mol. The number of carboxylic acids is 1.